The van der Waals surface area contributed by atoms with Gasteiger partial charge in [0.1, 0.15) is 0 Å². The average Bonchev–Trinajstić information content (AvgIpc) is 2.80. The van der Waals surface area contributed by atoms with Crippen LogP contribution in [0.1, 0.15) is 134 Å². The van der Waals surface area contributed by atoms with Gasteiger partial charge in [-0.1, -0.05) is 126 Å². The molecule has 196 valence electrons. The highest BCUT2D eigenvalue weighted by Crippen LogP contribution is 2.33. The Kier molecular flexibility index (Phi) is 16.7. The van der Waals surface area contributed by atoms with Crippen LogP contribution in [0.2, 0.25) is 0 Å². The van der Waals surface area contributed by atoms with Crippen LogP contribution in [-0.4, -0.2) is 0 Å². The maximum Gasteiger partial charge on any atom is 0.00302 e. The quantitative estimate of drug-likeness (QED) is 0.168. The normalized spacial score (nSPS) is 20.7. The molecular weight excluding hydrogens is 396 g/mol. The molecule has 0 aromatic rings. The maximum absolute atomic E-state index is 4.20. The summed E-state index contributed by atoms with van der Waals surface area (Å²) in [4.78, 5) is 0. The van der Waals surface area contributed by atoms with E-state index in [0.717, 1.165) is 41.4 Å². The van der Waals surface area contributed by atoms with Gasteiger partial charge in [0.25, 0.3) is 0 Å². The molecule has 33 heavy (non-hydrogen) atoms. The zero-order chi connectivity index (χ0) is 25.6. The fourth-order valence-corrected chi connectivity index (χ4v) is 4.55. The first-order chi connectivity index (χ1) is 15.3. The van der Waals surface area contributed by atoms with Gasteiger partial charge in [-0.05, 0) is 73.0 Å². The minimum absolute atomic E-state index is 0.130. The van der Waals surface area contributed by atoms with Crippen LogP contribution in [-0.2, 0) is 0 Å². The molecule has 0 saturated heterocycles. The SMILES string of the molecule is C=CC(C)(/C=C/C(C)CCC(C)C(C)CCC(C)C(C)C)CCC(C)C(C)CCC(C)CC. The second-order valence-corrected chi connectivity index (χ2v) is 13.0. The molecule has 0 aromatic heterocycles. The van der Waals surface area contributed by atoms with Crippen molar-refractivity contribution in [1.82, 2.24) is 0 Å². The van der Waals surface area contributed by atoms with Gasteiger partial charge in [-0.3, -0.25) is 0 Å². The van der Waals surface area contributed by atoms with E-state index >= 15 is 0 Å². The molecule has 0 aromatic carbocycles. The monoisotopic (exact) mass is 461 g/mol. The van der Waals surface area contributed by atoms with Crippen LogP contribution in [0.15, 0.2) is 24.8 Å². The molecule has 0 amide bonds. The topological polar surface area (TPSA) is 0 Å². The van der Waals surface area contributed by atoms with Crippen molar-refractivity contribution in [3.8, 4) is 0 Å². The molecule has 0 rings (SSSR count). The molecule has 8 unspecified atom stereocenters. The first-order valence-electron chi connectivity index (χ1n) is 14.7. The lowest BCUT2D eigenvalue weighted by Crippen LogP contribution is -2.16. The summed E-state index contributed by atoms with van der Waals surface area (Å²) < 4.78 is 0. The summed E-state index contributed by atoms with van der Waals surface area (Å²) in [7, 11) is 0. The zero-order valence-corrected chi connectivity index (χ0v) is 24.9. The van der Waals surface area contributed by atoms with Gasteiger partial charge in [0.2, 0.25) is 0 Å². The highest BCUT2D eigenvalue weighted by atomic mass is 14.3. The molecule has 0 saturated carbocycles. The first kappa shape index (κ1) is 32.5. The van der Waals surface area contributed by atoms with E-state index in [9.17, 15) is 0 Å². The Bertz CT molecular complexity index is 514. The fourth-order valence-electron chi connectivity index (χ4n) is 4.55. The van der Waals surface area contributed by atoms with E-state index in [0.29, 0.717) is 5.92 Å². The third kappa shape index (κ3) is 14.5. The summed E-state index contributed by atoms with van der Waals surface area (Å²) in [5.74, 6) is 6.46. The largest absolute Gasteiger partial charge is 0.102 e. The molecule has 0 heteroatoms. The fraction of sp³-hybridized carbons (Fsp3) is 0.879. The highest BCUT2D eigenvalue weighted by Gasteiger charge is 2.21. The minimum atomic E-state index is 0.130. The van der Waals surface area contributed by atoms with E-state index in [4.69, 9.17) is 0 Å². The van der Waals surface area contributed by atoms with Crippen molar-refractivity contribution in [3.05, 3.63) is 24.8 Å². The maximum atomic E-state index is 4.20. The molecule has 0 radical (unpaired) electrons. The molecule has 0 fully saturated rings. The van der Waals surface area contributed by atoms with Crippen molar-refractivity contribution in [2.45, 2.75) is 134 Å². The predicted octanol–water partition coefficient (Wildman–Crippen LogP) is 11.4. The summed E-state index contributed by atoms with van der Waals surface area (Å²) in [6.07, 6.45) is 19.1. The van der Waals surface area contributed by atoms with E-state index in [2.05, 4.69) is 101 Å². The number of hydrogen-bond acceptors (Lipinski definition) is 0. The number of rotatable bonds is 19. The van der Waals surface area contributed by atoms with Crippen molar-refractivity contribution in [3.63, 3.8) is 0 Å². The van der Waals surface area contributed by atoms with Crippen LogP contribution in [0.25, 0.3) is 0 Å². The van der Waals surface area contributed by atoms with Gasteiger partial charge in [-0.25, -0.2) is 0 Å². The van der Waals surface area contributed by atoms with E-state index in [1.807, 2.05) is 0 Å². The first-order valence-corrected chi connectivity index (χ1v) is 14.7. The van der Waals surface area contributed by atoms with Crippen molar-refractivity contribution >= 4 is 0 Å². The molecule has 0 nitrogen and oxygen atoms in total. The number of allylic oxidation sites excluding steroid dienone is 3. The molecule has 0 aliphatic heterocycles. The second-order valence-electron chi connectivity index (χ2n) is 13.0. The summed E-state index contributed by atoms with van der Waals surface area (Å²) in [5.41, 5.74) is 0.130. The van der Waals surface area contributed by atoms with Crippen LogP contribution in [0.3, 0.4) is 0 Å². The molecule has 0 spiro atoms. The Balaban J connectivity index is 4.50. The van der Waals surface area contributed by atoms with E-state index in [-0.39, 0.29) is 5.41 Å². The minimum Gasteiger partial charge on any atom is -0.102 e. The molecule has 0 aliphatic carbocycles. The van der Waals surface area contributed by atoms with Crippen LogP contribution in [0, 0.1) is 52.8 Å². The molecule has 0 aliphatic rings. The van der Waals surface area contributed by atoms with E-state index in [1.54, 1.807) is 0 Å². The van der Waals surface area contributed by atoms with Crippen LogP contribution < -0.4 is 0 Å². The summed E-state index contributed by atoms with van der Waals surface area (Å²) in [6, 6.07) is 0. The van der Waals surface area contributed by atoms with Crippen molar-refractivity contribution in [2.75, 3.05) is 0 Å². The Labute approximate surface area is 211 Å². The lowest BCUT2D eigenvalue weighted by atomic mass is 9.78. The van der Waals surface area contributed by atoms with Gasteiger partial charge in [-0.15, -0.1) is 6.58 Å². The Morgan fingerprint density at radius 3 is 1.58 bits per heavy atom. The van der Waals surface area contributed by atoms with Crippen LogP contribution >= 0.6 is 0 Å². The molecule has 0 bridgehead atoms. The van der Waals surface area contributed by atoms with Crippen LogP contribution in [0.5, 0.6) is 0 Å². The zero-order valence-electron chi connectivity index (χ0n) is 24.9. The molecular formula is C33H64. The van der Waals surface area contributed by atoms with Gasteiger partial charge < -0.3 is 0 Å². The van der Waals surface area contributed by atoms with Gasteiger partial charge in [0, 0.05) is 5.41 Å². The van der Waals surface area contributed by atoms with E-state index < -0.39 is 0 Å². The summed E-state index contributed by atoms with van der Waals surface area (Å²) >= 11 is 0. The van der Waals surface area contributed by atoms with Gasteiger partial charge in [0.05, 0.1) is 0 Å². The lowest BCUT2D eigenvalue weighted by molar-refractivity contribution is 0.282. The third-order valence-electron chi connectivity index (χ3n) is 9.46. The Morgan fingerprint density at radius 2 is 1.09 bits per heavy atom. The molecule has 0 heterocycles. The highest BCUT2D eigenvalue weighted by molar-refractivity contribution is 5.08. The lowest BCUT2D eigenvalue weighted by Gasteiger charge is -2.27. The van der Waals surface area contributed by atoms with Gasteiger partial charge in [-0.2, -0.15) is 0 Å². The van der Waals surface area contributed by atoms with Crippen molar-refractivity contribution < 1.29 is 0 Å². The standard InChI is InChI=1S/C33H64/c1-13-26(5)15-17-30(9)32(11)22-24-33(12,14-2)23-21-27(6)16-18-29(8)31(10)20-19-28(7)25(3)4/h14,21,23,25-32H,2,13,15-20,22,24H2,1,3-12H3/b23-21+. The summed E-state index contributed by atoms with van der Waals surface area (Å²) in [5, 5.41) is 0. The Morgan fingerprint density at radius 1 is 0.636 bits per heavy atom. The Hall–Kier alpha value is -0.520. The third-order valence-corrected chi connectivity index (χ3v) is 9.46. The number of hydrogen-bond donors (Lipinski definition) is 0. The average molecular weight is 461 g/mol. The van der Waals surface area contributed by atoms with E-state index in [1.165, 1.54) is 57.8 Å². The van der Waals surface area contributed by atoms with Gasteiger partial charge >= 0.3 is 0 Å². The smallest absolute Gasteiger partial charge is 0.00302 e. The van der Waals surface area contributed by atoms with Gasteiger partial charge in [0.15, 0.2) is 0 Å². The predicted molar refractivity (Wildman–Crippen MR) is 154 cm³/mol. The second kappa shape index (κ2) is 17.0. The summed E-state index contributed by atoms with van der Waals surface area (Å²) in [6.45, 7) is 30.7. The van der Waals surface area contributed by atoms with Crippen LogP contribution in [0.4, 0.5) is 0 Å². The molecule has 0 N–H and O–H groups in total. The molecule has 8 atom stereocenters. The van der Waals surface area contributed by atoms with Crippen molar-refractivity contribution in [1.29, 1.82) is 0 Å². The van der Waals surface area contributed by atoms with Crippen molar-refractivity contribution in [2.24, 2.45) is 52.8 Å².